The van der Waals surface area contributed by atoms with Gasteiger partial charge in [-0.15, -0.1) is 0 Å². The Labute approximate surface area is 189 Å². The molecule has 0 radical (unpaired) electrons. The van der Waals surface area contributed by atoms with E-state index in [1.54, 1.807) is 14.2 Å². The van der Waals surface area contributed by atoms with Crippen molar-refractivity contribution >= 4 is 5.91 Å². The molecule has 1 aliphatic carbocycles. The average molecular weight is 434 g/mol. The van der Waals surface area contributed by atoms with Crippen molar-refractivity contribution in [1.82, 2.24) is 15.1 Å². The number of fused-ring (bicyclic) bond motifs is 1. The molecule has 0 saturated carbocycles. The number of aryl methyl sites for hydroxylation is 1. The number of hydrogen-bond donors (Lipinski definition) is 1. The minimum Gasteiger partial charge on any atom is -0.493 e. The van der Waals surface area contributed by atoms with Crippen LogP contribution in [0.2, 0.25) is 0 Å². The van der Waals surface area contributed by atoms with Crippen LogP contribution in [0.3, 0.4) is 0 Å². The molecule has 6 nitrogen and oxygen atoms in total. The Morgan fingerprint density at radius 1 is 1.12 bits per heavy atom. The molecule has 3 aromatic rings. The molecule has 0 unspecified atom stereocenters. The summed E-state index contributed by atoms with van der Waals surface area (Å²) in [5, 5.41) is 7.93. The van der Waals surface area contributed by atoms with Crippen LogP contribution in [-0.2, 0) is 17.6 Å². The maximum atomic E-state index is 12.9. The average Bonchev–Trinajstić information content (AvgIpc) is 3.20. The Hall–Kier alpha value is -3.28. The Balaban J connectivity index is 1.48. The van der Waals surface area contributed by atoms with Crippen molar-refractivity contribution < 1.29 is 14.3 Å². The molecule has 6 heteroatoms. The maximum Gasteiger partial charge on any atom is 0.220 e. The lowest BCUT2D eigenvalue weighted by atomic mass is 9.74. The van der Waals surface area contributed by atoms with Gasteiger partial charge in [-0.1, -0.05) is 38.1 Å². The summed E-state index contributed by atoms with van der Waals surface area (Å²) in [6.45, 7) is 4.50. The van der Waals surface area contributed by atoms with E-state index in [0.29, 0.717) is 24.3 Å². The second-order valence-corrected chi connectivity index (χ2v) is 9.15. The number of nitrogens with one attached hydrogen (secondary N) is 1. The summed E-state index contributed by atoms with van der Waals surface area (Å²) >= 11 is 0. The summed E-state index contributed by atoms with van der Waals surface area (Å²) in [5.74, 6) is 1.41. The molecule has 0 spiro atoms. The van der Waals surface area contributed by atoms with E-state index < -0.39 is 0 Å². The first-order valence-corrected chi connectivity index (χ1v) is 11.0. The van der Waals surface area contributed by atoms with E-state index in [9.17, 15) is 4.79 Å². The quantitative estimate of drug-likeness (QED) is 0.589. The highest BCUT2D eigenvalue weighted by molar-refractivity contribution is 5.77. The van der Waals surface area contributed by atoms with Gasteiger partial charge in [0.2, 0.25) is 5.91 Å². The summed E-state index contributed by atoms with van der Waals surface area (Å²) < 4.78 is 12.7. The van der Waals surface area contributed by atoms with Gasteiger partial charge in [-0.3, -0.25) is 4.79 Å². The normalized spacial score (nSPS) is 16.8. The highest BCUT2D eigenvalue weighted by atomic mass is 16.5. The summed E-state index contributed by atoms with van der Waals surface area (Å²) in [6, 6.07) is 15.9. The lowest BCUT2D eigenvalue weighted by molar-refractivity contribution is -0.122. The molecule has 1 amide bonds. The number of carbonyl (C=O) groups excluding carboxylic acids is 1. The number of carbonyl (C=O) groups is 1. The first-order chi connectivity index (χ1) is 15.4. The number of methoxy groups -OCH3 is 2. The third kappa shape index (κ3) is 4.64. The molecule has 1 heterocycles. The first-order valence-electron chi connectivity index (χ1n) is 11.0. The third-order valence-electron chi connectivity index (χ3n) is 6.10. The summed E-state index contributed by atoms with van der Waals surface area (Å²) in [5.41, 5.74) is 4.45. The number of rotatable bonds is 7. The fourth-order valence-electron chi connectivity index (χ4n) is 4.52. The van der Waals surface area contributed by atoms with Gasteiger partial charge in [-0.2, -0.15) is 5.10 Å². The van der Waals surface area contributed by atoms with E-state index in [1.165, 1.54) is 5.69 Å². The van der Waals surface area contributed by atoms with Crippen LogP contribution in [0, 0.1) is 5.41 Å². The van der Waals surface area contributed by atoms with E-state index in [0.717, 1.165) is 29.7 Å². The summed E-state index contributed by atoms with van der Waals surface area (Å²) in [4.78, 5) is 12.9. The molecule has 2 aromatic carbocycles. The Kier molecular flexibility index (Phi) is 6.21. The van der Waals surface area contributed by atoms with E-state index in [1.807, 2.05) is 47.3 Å². The van der Waals surface area contributed by atoms with Crippen LogP contribution in [0.1, 0.15) is 49.6 Å². The van der Waals surface area contributed by atoms with Crippen LogP contribution in [0.15, 0.2) is 54.7 Å². The molecule has 1 N–H and O–H groups in total. The highest BCUT2D eigenvalue weighted by Gasteiger charge is 2.35. The fourth-order valence-corrected chi connectivity index (χ4v) is 4.52. The highest BCUT2D eigenvalue weighted by Crippen LogP contribution is 2.41. The summed E-state index contributed by atoms with van der Waals surface area (Å²) in [7, 11) is 3.23. The molecule has 1 aromatic heterocycles. The monoisotopic (exact) mass is 433 g/mol. The van der Waals surface area contributed by atoms with Gasteiger partial charge in [0.15, 0.2) is 11.5 Å². The van der Waals surface area contributed by atoms with Gasteiger partial charge in [-0.25, -0.2) is 4.68 Å². The third-order valence-corrected chi connectivity index (χ3v) is 6.10. The van der Waals surface area contributed by atoms with Gasteiger partial charge in [0.25, 0.3) is 0 Å². The summed E-state index contributed by atoms with van der Waals surface area (Å²) in [6.07, 6.45) is 4.78. The van der Waals surface area contributed by atoms with Crippen LogP contribution in [-0.4, -0.2) is 29.9 Å². The van der Waals surface area contributed by atoms with Gasteiger partial charge in [0.05, 0.1) is 37.8 Å². The van der Waals surface area contributed by atoms with Gasteiger partial charge < -0.3 is 14.8 Å². The van der Waals surface area contributed by atoms with Crippen LogP contribution in [0.25, 0.3) is 5.69 Å². The van der Waals surface area contributed by atoms with Gasteiger partial charge >= 0.3 is 0 Å². The molecule has 1 aliphatic rings. The topological polar surface area (TPSA) is 65.4 Å². The van der Waals surface area contributed by atoms with Crippen molar-refractivity contribution in [3.05, 3.63) is 71.5 Å². The second kappa shape index (κ2) is 9.07. The molecule has 0 bridgehead atoms. The molecule has 0 saturated heterocycles. The van der Waals surface area contributed by atoms with E-state index in [-0.39, 0.29) is 17.4 Å². The van der Waals surface area contributed by atoms with E-state index >= 15 is 0 Å². The van der Waals surface area contributed by atoms with Crippen molar-refractivity contribution in [3.8, 4) is 17.2 Å². The number of para-hydroxylation sites is 1. The van der Waals surface area contributed by atoms with Crippen LogP contribution in [0.5, 0.6) is 11.5 Å². The SMILES string of the molecule is COc1ccc(CCC(=O)N[C@@H]2CC(C)(C)Cc3c2cnn3-c2ccccc2)cc1OC. The van der Waals surface area contributed by atoms with Crippen LogP contribution < -0.4 is 14.8 Å². The molecule has 0 fully saturated rings. The molecule has 168 valence electrons. The lowest BCUT2D eigenvalue weighted by Gasteiger charge is -2.36. The number of amides is 1. The first kappa shape index (κ1) is 21.9. The standard InChI is InChI=1S/C26H31N3O3/c1-26(2)15-21(20-17-27-29(22(20)16-26)19-8-6-5-7-9-19)28-25(30)13-11-18-10-12-23(31-3)24(14-18)32-4/h5-10,12,14,17,21H,11,13,15-16H2,1-4H3,(H,28,30)/t21-/m1/s1. The Morgan fingerprint density at radius 3 is 2.59 bits per heavy atom. The predicted octanol–water partition coefficient (Wildman–Crippen LogP) is 4.65. The van der Waals surface area contributed by atoms with Crippen LogP contribution >= 0.6 is 0 Å². The number of nitrogens with zero attached hydrogens (tertiary/aromatic N) is 2. The number of aromatic nitrogens is 2. The Morgan fingerprint density at radius 2 is 1.88 bits per heavy atom. The molecule has 1 atom stereocenters. The van der Waals surface area contributed by atoms with Crippen molar-refractivity contribution in [2.24, 2.45) is 5.41 Å². The van der Waals surface area contributed by atoms with E-state index in [4.69, 9.17) is 9.47 Å². The number of ether oxygens (including phenoxy) is 2. The number of hydrogen-bond acceptors (Lipinski definition) is 4. The Bertz CT molecular complexity index is 1090. The molecule has 32 heavy (non-hydrogen) atoms. The fraction of sp³-hybridized carbons (Fsp3) is 0.385. The zero-order valence-electron chi connectivity index (χ0n) is 19.2. The molecule has 4 rings (SSSR count). The maximum absolute atomic E-state index is 12.9. The van der Waals surface area contributed by atoms with Crippen molar-refractivity contribution in [3.63, 3.8) is 0 Å². The molecular formula is C26H31N3O3. The lowest BCUT2D eigenvalue weighted by Crippen LogP contribution is -2.36. The zero-order chi connectivity index (χ0) is 22.7. The van der Waals surface area contributed by atoms with Gasteiger partial charge in [0.1, 0.15) is 0 Å². The van der Waals surface area contributed by atoms with E-state index in [2.05, 4.69) is 36.4 Å². The number of benzene rings is 2. The zero-order valence-corrected chi connectivity index (χ0v) is 19.2. The van der Waals surface area contributed by atoms with Crippen molar-refractivity contribution in [2.45, 2.75) is 45.6 Å². The van der Waals surface area contributed by atoms with Gasteiger partial charge in [0, 0.05) is 12.0 Å². The van der Waals surface area contributed by atoms with Crippen molar-refractivity contribution in [2.75, 3.05) is 14.2 Å². The molecular weight excluding hydrogens is 402 g/mol. The van der Waals surface area contributed by atoms with Crippen LogP contribution in [0.4, 0.5) is 0 Å². The molecule has 0 aliphatic heterocycles. The smallest absolute Gasteiger partial charge is 0.220 e. The van der Waals surface area contributed by atoms with Crippen molar-refractivity contribution in [1.29, 1.82) is 0 Å². The predicted molar refractivity (Wildman–Crippen MR) is 124 cm³/mol. The largest absolute Gasteiger partial charge is 0.493 e. The minimum absolute atomic E-state index is 0.0379. The second-order valence-electron chi connectivity index (χ2n) is 9.15. The minimum atomic E-state index is -0.0379. The van der Waals surface area contributed by atoms with Gasteiger partial charge in [-0.05, 0) is 54.5 Å².